The van der Waals surface area contributed by atoms with Gasteiger partial charge in [-0.3, -0.25) is 4.79 Å². The van der Waals surface area contributed by atoms with E-state index in [0.29, 0.717) is 52.7 Å². The van der Waals surface area contributed by atoms with Gasteiger partial charge in [-0.15, -0.1) is 0 Å². The van der Waals surface area contributed by atoms with Crippen LogP contribution in [0, 0.1) is 17.2 Å². The molecule has 3 heterocycles. The highest BCUT2D eigenvalue weighted by Gasteiger charge is 2.25. The molecule has 6 rings (SSSR count). The number of aromatic nitrogens is 2. The van der Waals surface area contributed by atoms with Crippen molar-refractivity contribution in [1.82, 2.24) is 9.55 Å². The van der Waals surface area contributed by atoms with E-state index in [-0.39, 0.29) is 23.1 Å². The SMILES string of the molecule is CC(C)Cc1cc2c(=O)c3c4ccc(C#N)cc4[nH]c3n(C3CCOCC3)c2cc1-c1cccc(OS(=O)(=O)F)c1. The van der Waals surface area contributed by atoms with Gasteiger partial charge in [0, 0.05) is 35.5 Å². The van der Waals surface area contributed by atoms with Crippen molar-refractivity contribution < 1.29 is 21.2 Å². The number of nitrogens with zero attached hydrogens (tertiary/aromatic N) is 2. The fourth-order valence-electron chi connectivity index (χ4n) is 5.96. The zero-order valence-electron chi connectivity index (χ0n) is 22.6. The number of halogens is 1. The molecule has 1 saturated heterocycles. The standard InChI is InChI=1S/C31H28FN3O5S/c1-18(2)12-21-15-26-28(16-25(21)20-4-3-5-23(14-20)40-41(32,37)38)35(22-8-10-39-11-9-22)31-29(30(26)36)24-7-6-19(17-33)13-27(24)34-31/h3-7,13-16,18,22,34H,8-12H2,1-2H3. The van der Waals surface area contributed by atoms with Crippen LogP contribution in [0.15, 0.2) is 59.4 Å². The summed E-state index contributed by atoms with van der Waals surface area (Å²) in [5, 5.41) is 11.4. The Morgan fingerprint density at radius 1 is 1.12 bits per heavy atom. The quantitative estimate of drug-likeness (QED) is 0.238. The van der Waals surface area contributed by atoms with Crippen LogP contribution in [0.3, 0.4) is 0 Å². The zero-order chi connectivity index (χ0) is 28.9. The smallest absolute Gasteiger partial charge is 0.381 e. The number of nitriles is 1. The van der Waals surface area contributed by atoms with E-state index in [2.05, 4.69) is 33.7 Å². The fraction of sp³-hybridized carbons (Fsp3) is 0.290. The Bertz CT molecular complexity index is 2030. The molecule has 0 bridgehead atoms. The first kappa shape index (κ1) is 27.0. The van der Waals surface area contributed by atoms with E-state index in [0.717, 1.165) is 34.9 Å². The predicted molar refractivity (Wildman–Crippen MR) is 156 cm³/mol. The molecule has 0 unspecified atom stereocenters. The largest absolute Gasteiger partial charge is 0.488 e. The molecule has 2 aromatic heterocycles. The Hall–Kier alpha value is -4.20. The summed E-state index contributed by atoms with van der Waals surface area (Å²) in [6, 6.07) is 17.7. The van der Waals surface area contributed by atoms with Gasteiger partial charge in [-0.25, -0.2) is 0 Å². The van der Waals surface area contributed by atoms with Gasteiger partial charge in [0.1, 0.15) is 11.4 Å². The molecule has 3 aromatic carbocycles. The number of rotatable bonds is 6. The molecule has 41 heavy (non-hydrogen) atoms. The fourth-order valence-corrected chi connectivity index (χ4v) is 6.30. The van der Waals surface area contributed by atoms with Crippen LogP contribution >= 0.6 is 0 Å². The van der Waals surface area contributed by atoms with E-state index in [9.17, 15) is 22.4 Å². The van der Waals surface area contributed by atoms with Gasteiger partial charge in [-0.1, -0.05) is 35.9 Å². The van der Waals surface area contributed by atoms with Gasteiger partial charge in [0.2, 0.25) is 0 Å². The summed E-state index contributed by atoms with van der Waals surface area (Å²) >= 11 is 0. The van der Waals surface area contributed by atoms with E-state index in [1.165, 1.54) is 12.1 Å². The van der Waals surface area contributed by atoms with Gasteiger partial charge in [0.05, 0.1) is 22.5 Å². The van der Waals surface area contributed by atoms with Crippen LogP contribution in [0.5, 0.6) is 5.75 Å². The minimum Gasteiger partial charge on any atom is -0.381 e. The molecule has 0 spiro atoms. The average molecular weight is 574 g/mol. The minimum atomic E-state index is -5.19. The van der Waals surface area contributed by atoms with Crippen molar-refractivity contribution in [3.63, 3.8) is 0 Å². The molecule has 0 radical (unpaired) electrons. The second kappa shape index (κ2) is 10.3. The second-order valence-electron chi connectivity index (χ2n) is 10.9. The van der Waals surface area contributed by atoms with Crippen LogP contribution in [-0.4, -0.2) is 31.2 Å². The lowest BCUT2D eigenvalue weighted by Crippen LogP contribution is -2.23. The first-order valence-corrected chi connectivity index (χ1v) is 14.8. The molecule has 10 heteroatoms. The normalized spacial score (nSPS) is 14.7. The van der Waals surface area contributed by atoms with Gasteiger partial charge in [-0.2, -0.15) is 13.7 Å². The third-order valence-corrected chi connectivity index (χ3v) is 8.02. The van der Waals surface area contributed by atoms with Gasteiger partial charge < -0.3 is 18.5 Å². The minimum absolute atomic E-state index is 0.0491. The summed E-state index contributed by atoms with van der Waals surface area (Å²) in [4.78, 5) is 17.6. The van der Waals surface area contributed by atoms with Crippen LogP contribution in [0.4, 0.5) is 3.89 Å². The average Bonchev–Trinajstić information content (AvgIpc) is 3.31. The van der Waals surface area contributed by atoms with Crippen molar-refractivity contribution in [3.8, 4) is 22.9 Å². The lowest BCUT2D eigenvalue weighted by Gasteiger charge is -2.28. The number of pyridine rings is 1. The van der Waals surface area contributed by atoms with E-state index in [1.807, 2.05) is 24.3 Å². The summed E-state index contributed by atoms with van der Waals surface area (Å²) < 4.78 is 48.0. The van der Waals surface area contributed by atoms with E-state index < -0.39 is 10.5 Å². The second-order valence-corrected chi connectivity index (χ2v) is 11.8. The number of H-pyrrole nitrogens is 1. The van der Waals surface area contributed by atoms with E-state index >= 15 is 0 Å². The molecule has 0 amide bonds. The van der Waals surface area contributed by atoms with Crippen LogP contribution in [0.25, 0.3) is 44.0 Å². The van der Waals surface area contributed by atoms with Crippen molar-refractivity contribution >= 4 is 43.3 Å². The van der Waals surface area contributed by atoms with Gasteiger partial charge >= 0.3 is 10.5 Å². The molecular formula is C31H28FN3O5S. The summed E-state index contributed by atoms with van der Waals surface area (Å²) in [7, 11) is -5.19. The summed E-state index contributed by atoms with van der Waals surface area (Å²) in [6.07, 6.45) is 2.17. The Morgan fingerprint density at radius 3 is 2.61 bits per heavy atom. The summed E-state index contributed by atoms with van der Waals surface area (Å²) in [6.45, 7) is 5.35. The number of nitrogens with one attached hydrogen (secondary N) is 1. The van der Waals surface area contributed by atoms with Crippen LogP contribution in [0.1, 0.15) is 43.9 Å². The topological polar surface area (TPSA) is 114 Å². The maximum absolute atomic E-state index is 14.2. The number of hydrogen-bond acceptors (Lipinski definition) is 6. The molecule has 8 nitrogen and oxygen atoms in total. The molecule has 210 valence electrons. The number of hydrogen-bond donors (Lipinski definition) is 1. The van der Waals surface area contributed by atoms with Crippen LogP contribution in [-0.2, 0) is 21.7 Å². The Kier molecular flexibility index (Phi) is 6.80. The van der Waals surface area contributed by atoms with Crippen molar-refractivity contribution in [2.24, 2.45) is 5.92 Å². The van der Waals surface area contributed by atoms with E-state index in [4.69, 9.17) is 4.74 Å². The molecule has 0 atom stereocenters. The molecule has 1 fully saturated rings. The lowest BCUT2D eigenvalue weighted by molar-refractivity contribution is 0.0715. The number of benzene rings is 3. The molecule has 1 N–H and O–H groups in total. The number of aromatic amines is 1. The van der Waals surface area contributed by atoms with Crippen molar-refractivity contribution in [2.45, 2.75) is 39.2 Å². The zero-order valence-corrected chi connectivity index (χ0v) is 23.4. The maximum atomic E-state index is 14.2. The van der Waals surface area contributed by atoms with Gasteiger partial charge in [0.25, 0.3) is 0 Å². The molecule has 0 aliphatic carbocycles. The molecular weight excluding hydrogens is 545 g/mol. The van der Waals surface area contributed by atoms with Gasteiger partial charge in [0.15, 0.2) is 5.43 Å². The highest BCUT2D eigenvalue weighted by atomic mass is 32.3. The first-order valence-electron chi connectivity index (χ1n) is 13.5. The van der Waals surface area contributed by atoms with Gasteiger partial charge in [-0.05, 0) is 78.3 Å². The lowest BCUT2D eigenvalue weighted by atomic mass is 9.91. The number of fused-ring (bicyclic) bond motifs is 4. The summed E-state index contributed by atoms with van der Waals surface area (Å²) in [5.41, 5.74) is 4.88. The number of ether oxygens (including phenoxy) is 1. The summed E-state index contributed by atoms with van der Waals surface area (Å²) in [5.74, 6) is 0.123. The van der Waals surface area contributed by atoms with Crippen molar-refractivity contribution in [1.29, 1.82) is 5.26 Å². The monoisotopic (exact) mass is 573 g/mol. The predicted octanol–water partition coefficient (Wildman–Crippen LogP) is 6.32. The third-order valence-electron chi connectivity index (χ3n) is 7.63. The highest BCUT2D eigenvalue weighted by Crippen LogP contribution is 2.37. The van der Waals surface area contributed by atoms with Crippen molar-refractivity contribution in [3.05, 3.63) is 75.9 Å². The Labute approximate surface area is 236 Å². The molecule has 0 saturated carbocycles. The first-order chi connectivity index (χ1) is 19.6. The van der Waals surface area contributed by atoms with Crippen molar-refractivity contribution in [2.75, 3.05) is 13.2 Å². The van der Waals surface area contributed by atoms with Crippen LogP contribution < -0.4 is 9.61 Å². The molecule has 1 aliphatic heterocycles. The highest BCUT2D eigenvalue weighted by molar-refractivity contribution is 7.81. The molecule has 5 aromatic rings. The third kappa shape index (κ3) is 5.07. The maximum Gasteiger partial charge on any atom is 0.488 e. The Morgan fingerprint density at radius 2 is 1.90 bits per heavy atom. The Balaban J connectivity index is 1.70. The van der Waals surface area contributed by atoms with Crippen LogP contribution in [0.2, 0.25) is 0 Å². The molecule has 1 aliphatic rings. The van der Waals surface area contributed by atoms with E-state index in [1.54, 1.807) is 18.2 Å².